The summed E-state index contributed by atoms with van der Waals surface area (Å²) in [7, 11) is -2.93. The highest BCUT2D eigenvalue weighted by Gasteiger charge is 2.61. The number of aromatic amines is 1. The van der Waals surface area contributed by atoms with E-state index < -0.39 is 58.3 Å². The van der Waals surface area contributed by atoms with Crippen LogP contribution in [0, 0.1) is 5.92 Å². The van der Waals surface area contributed by atoms with Gasteiger partial charge in [0, 0.05) is 36.7 Å². The van der Waals surface area contributed by atoms with E-state index in [2.05, 4.69) is 25.7 Å². The lowest BCUT2D eigenvalue weighted by Gasteiger charge is -2.29. The number of anilines is 2. The third kappa shape index (κ3) is 8.80. The Kier molecular flexibility index (Phi) is 12.0. The second kappa shape index (κ2) is 17.0. The van der Waals surface area contributed by atoms with Gasteiger partial charge in [0.1, 0.15) is 40.0 Å². The van der Waals surface area contributed by atoms with Crippen LogP contribution in [0.15, 0.2) is 71.0 Å². The van der Waals surface area contributed by atoms with E-state index in [0.29, 0.717) is 47.7 Å². The molecule has 0 radical (unpaired) electrons. The zero-order valence-corrected chi connectivity index (χ0v) is 34.0. The third-order valence-electron chi connectivity index (χ3n) is 10.5. The average Bonchev–Trinajstić information content (AvgIpc) is 3.46. The van der Waals surface area contributed by atoms with Crippen molar-refractivity contribution < 1.29 is 47.5 Å². The molecule has 7 N–H and O–H groups in total. The van der Waals surface area contributed by atoms with Crippen LogP contribution >= 0.6 is 11.3 Å². The van der Waals surface area contributed by atoms with E-state index in [4.69, 9.17) is 14.5 Å². The molecule has 7 rings (SSSR count). The highest BCUT2D eigenvalue weighted by molar-refractivity contribution is 7.90. The highest BCUT2D eigenvalue weighted by Crippen LogP contribution is 2.46. The molecule has 4 heterocycles. The van der Waals surface area contributed by atoms with Gasteiger partial charge in [-0.3, -0.25) is 19.3 Å². The second-order valence-corrected chi connectivity index (χ2v) is 17.6. The number of methoxy groups -OCH3 is 1. The normalized spacial score (nSPS) is 24.6. The minimum absolute atomic E-state index is 0.0340. The Hall–Kier alpha value is -5.14. The summed E-state index contributed by atoms with van der Waals surface area (Å²) < 4.78 is 41.6. The first-order valence-corrected chi connectivity index (χ1v) is 21.6. The number of carbonyl (C=O) groups is 3. The average molecular weight is 835 g/mol. The van der Waals surface area contributed by atoms with Crippen molar-refractivity contribution in [2.75, 3.05) is 30.9 Å². The second-order valence-electron chi connectivity index (χ2n) is 15.1. The van der Waals surface area contributed by atoms with E-state index in [1.54, 1.807) is 25.3 Å². The first-order valence-electron chi connectivity index (χ1n) is 19.2. The molecule has 16 nitrogen and oxygen atoms in total. The number of fused-ring (bicyclic) bond motifs is 3. The van der Waals surface area contributed by atoms with Crippen LogP contribution in [0.25, 0.3) is 22.3 Å². The van der Waals surface area contributed by atoms with Crippen molar-refractivity contribution >= 4 is 60.8 Å². The predicted octanol–water partition coefficient (Wildman–Crippen LogP) is 3.19. The fourth-order valence-corrected chi connectivity index (χ4v) is 9.52. The summed E-state index contributed by atoms with van der Waals surface area (Å²) in [6.07, 6.45) is 3.81. The molecule has 2 aromatic heterocycles. The predicted molar refractivity (Wildman–Crippen MR) is 217 cm³/mol. The lowest BCUT2D eigenvalue weighted by molar-refractivity contribution is -0.331. The molecule has 2 fully saturated rings. The molecular formula is C40H48N7O9S2+. The van der Waals surface area contributed by atoms with Crippen LogP contribution in [0.2, 0.25) is 0 Å². The largest absolute Gasteiger partial charge is 0.497 e. The Morgan fingerprint density at radius 3 is 2.76 bits per heavy atom. The van der Waals surface area contributed by atoms with Gasteiger partial charge in [-0.15, -0.1) is 11.3 Å². The summed E-state index contributed by atoms with van der Waals surface area (Å²) in [5.41, 5.74) is 0.477. The number of aromatic nitrogens is 2. The number of carbonyl (C=O) groups excluding carboxylic acids is 3. The standard InChI is InChI=1S/C40H47N7O9S2/c1-23(2)41-39-44-31(22-57-39)30-18-33(27-15-14-25(55-3)16-29(27)42-30)56-26-17-32(47(20-26)36(50)21-48)37(51)45-40-19-24(40)10-6-4-5-7-13-35(49)43-28-11-8-9-12-34(28)58(53,54)46-38(40)52/h6,8-12,14-16,18,22-24,26,32,36,48,50H,4-5,7,13,17,19-21H2,1-3H3,(H,41,44)(H,43,49)(H,45,51)(H,46,52)/p+1/b10-6+/t24-,26-,32+,36?,40-/m1/s1. The smallest absolute Gasteiger partial charge is 0.266 e. The van der Waals surface area contributed by atoms with Gasteiger partial charge < -0.3 is 35.6 Å². The summed E-state index contributed by atoms with van der Waals surface area (Å²) in [6.45, 7) is 3.43. The highest BCUT2D eigenvalue weighted by atomic mass is 32.2. The van der Waals surface area contributed by atoms with Crippen molar-refractivity contribution in [1.82, 2.24) is 19.9 Å². The van der Waals surface area contributed by atoms with Crippen molar-refractivity contribution in [3.8, 4) is 22.9 Å². The SMILES string of the molecule is COc1ccc2c(O[C@@H]3C[C@@H](C(=O)N[C@]45C[C@H]4/C=C/CCCCC(=O)Nc4ccccc4S(=O)(=O)NC5=O)N(C(O)CO)C3)cc(-c3csc(NC(C)C)n3)[nH+]c2c1. The summed E-state index contributed by atoms with van der Waals surface area (Å²) >= 11 is 1.47. The topological polar surface area (TPSA) is 223 Å². The zero-order valence-electron chi connectivity index (χ0n) is 32.4. The van der Waals surface area contributed by atoms with Crippen LogP contribution in [0.5, 0.6) is 11.5 Å². The molecule has 308 valence electrons. The summed E-state index contributed by atoms with van der Waals surface area (Å²) in [6, 6.07) is 12.2. The van der Waals surface area contributed by atoms with Gasteiger partial charge in [-0.1, -0.05) is 24.3 Å². The number of aliphatic hydroxyl groups excluding tert-OH is 2. The van der Waals surface area contributed by atoms with Crippen LogP contribution in [0.3, 0.4) is 0 Å². The van der Waals surface area contributed by atoms with Crippen molar-refractivity contribution in [3.63, 3.8) is 0 Å². The van der Waals surface area contributed by atoms with Crippen molar-refractivity contribution in [1.29, 1.82) is 0 Å². The number of H-pyrrole nitrogens is 1. The quantitative estimate of drug-likeness (QED) is 0.127. The molecule has 18 heteroatoms. The van der Waals surface area contributed by atoms with Gasteiger partial charge in [0.05, 0.1) is 43.0 Å². The minimum Gasteiger partial charge on any atom is -0.497 e. The zero-order chi connectivity index (χ0) is 41.2. The van der Waals surface area contributed by atoms with Crippen molar-refractivity contribution in [3.05, 3.63) is 66.1 Å². The Morgan fingerprint density at radius 1 is 1.17 bits per heavy atom. The Labute approximate surface area is 340 Å². The van der Waals surface area contributed by atoms with Crippen molar-refractivity contribution in [2.45, 2.75) is 87.2 Å². The molecule has 2 aliphatic heterocycles. The van der Waals surface area contributed by atoms with E-state index in [1.165, 1.54) is 34.4 Å². The van der Waals surface area contributed by atoms with Gasteiger partial charge in [-0.25, -0.2) is 23.1 Å². The van der Waals surface area contributed by atoms with Crippen LogP contribution in [-0.2, 0) is 24.4 Å². The maximum Gasteiger partial charge on any atom is 0.266 e. The number of thiazole rings is 1. The summed E-state index contributed by atoms with van der Waals surface area (Å²) in [4.78, 5) is 50.2. The van der Waals surface area contributed by atoms with Crippen LogP contribution in [-0.4, -0.2) is 96.5 Å². The fraction of sp³-hybridized carbons (Fsp3) is 0.425. The maximum atomic E-state index is 14.3. The molecule has 3 aliphatic rings. The lowest BCUT2D eigenvalue weighted by atomic mass is 10.1. The monoisotopic (exact) mass is 834 g/mol. The molecule has 1 saturated heterocycles. The molecule has 1 aliphatic carbocycles. The van der Waals surface area contributed by atoms with Gasteiger partial charge in [-0.05, 0) is 63.8 Å². The van der Waals surface area contributed by atoms with E-state index >= 15 is 0 Å². The first-order chi connectivity index (χ1) is 27.8. The van der Waals surface area contributed by atoms with Crippen molar-refractivity contribution in [2.24, 2.45) is 5.92 Å². The minimum atomic E-state index is -4.50. The number of likely N-dealkylation sites (tertiary alicyclic amines) is 1. The first kappa shape index (κ1) is 41.0. The number of allylic oxidation sites excluding steroid dienone is 1. The Morgan fingerprint density at radius 2 is 1.98 bits per heavy atom. The number of amides is 3. The number of para-hydroxylation sites is 1. The van der Waals surface area contributed by atoms with Gasteiger partial charge in [0.2, 0.25) is 23.0 Å². The number of pyridine rings is 1. The Bertz CT molecular complexity index is 2340. The Balaban J connectivity index is 1.16. The number of nitrogens with one attached hydrogen (secondary N) is 5. The van der Waals surface area contributed by atoms with E-state index in [-0.39, 0.29) is 48.3 Å². The molecule has 1 saturated carbocycles. The number of benzene rings is 2. The van der Waals surface area contributed by atoms with Crippen LogP contribution in [0.1, 0.15) is 52.4 Å². The maximum absolute atomic E-state index is 14.3. The number of ether oxygens (including phenoxy) is 2. The van der Waals surface area contributed by atoms with Gasteiger partial charge in [0.25, 0.3) is 15.9 Å². The molecular weight excluding hydrogens is 787 g/mol. The van der Waals surface area contributed by atoms with Crippen LogP contribution < -0.4 is 35.1 Å². The molecule has 58 heavy (non-hydrogen) atoms. The van der Waals surface area contributed by atoms with Gasteiger partial charge in [-0.2, -0.15) is 0 Å². The van der Waals surface area contributed by atoms with Gasteiger partial charge in [0.15, 0.2) is 5.13 Å². The van der Waals surface area contributed by atoms with Gasteiger partial charge >= 0.3 is 0 Å². The fourth-order valence-electron chi connectivity index (χ4n) is 7.46. The summed E-state index contributed by atoms with van der Waals surface area (Å²) in [5.74, 6) is -1.35. The van der Waals surface area contributed by atoms with E-state index in [9.17, 15) is 33.0 Å². The molecule has 4 aromatic rings. The molecule has 1 unspecified atom stereocenters. The number of sulfonamides is 1. The molecule has 5 atom stereocenters. The van der Waals surface area contributed by atoms with E-state index in [1.807, 2.05) is 43.5 Å². The number of nitrogens with zero attached hydrogens (tertiary/aromatic N) is 2. The number of hydrogen-bond acceptors (Lipinski definition) is 13. The molecule has 0 bridgehead atoms. The number of aliphatic hydroxyl groups is 2. The molecule has 2 aromatic carbocycles. The number of hydrogen-bond donors (Lipinski definition) is 6. The molecule has 0 spiro atoms. The third-order valence-corrected chi connectivity index (χ3v) is 12.7. The number of rotatable bonds is 10. The van der Waals surface area contributed by atoms with Crippen LogP contribution in [0.4, 0.5) is 10.8 Å². The van der Waals surface area contributed by atoms with E-state index in [0.717, 1.165) is 10.5 Å². The summed E-state index contributed by atoms with van der Waals surface area (Å²) in [5, 5.41) is 33.2. The lowest BCUT2D eigenvalue weighted by Crippen LogP contribution is -2.57. The molecule has 3 amide bonds.